The second-order valence-corrected chi connectivity index (χ2v) is 5.18. The number of nitro groups is 1. The van der Waals surface area contributed by atoms with Crippen molar-refractivity contribution >= 4 is 17.6 Å². The number of nitro benzene ring substituents is 1. The molecule has 1 amide bonds. The third-order valence-electron chi connectivity index (χ3n) is 2.81. The highest BCUT2D eigenvalue weighted by molar-refractivity contribution is 5.83. The molecule has 7 nitrogen and oxygen atoms in total. The van der Waals surface area contributed by atoms with Gasteiger partial charge < -0.3 is 10.4 Å². The zero-order valence-corrected chi connectivity index (χ0v) is 11.9. The summed E-state index contributed by atoms with van der Waals surface area (Å²) in [6.45, 7) is 3.73. The standard InChI is InChI=1S/C14H18N2O5/c1-9(2)7-13(17)15-12(14(18)19)8-10-3-5-11(6-4-10)16(20)21/h3-6,9,12H,7-8H2,1-2H3,(H,15,17)(H,18,19)/t12-/m0/s1. The molecule has 1 aromatic carbocycles. The first kappa shape index (κ1) is 16.6. The molecule has 0 aliphatic carbocycles. The number of non-ortho nitro benzene ring substituents is 1. The highest BCUT2D eigenvalue weighted by Crippen LogP contribution is 2.13. The van der Waals surface area contributed by atoms with E-state index in [0.717, 1.165) is 0 Å². The molecule has 0 aliphatic heterocycles. The van der Waals surface area contributed by atoms with Gasteiger partial charge in [-0.15, -0.1) is 0 Å². The van der Waals surface area contributed by atoms with E-state index in [1.54, 1.807) is 0 Å². The number of nitrogens with zero attached hydrogens (tertiary/aromatic N) is 1. The van der Waals surface area contributed by atoms with Crippen LogP contribution in [-0.4, -0.2) is 27.9 Å². The summed E-state index contributed by atoms with van der Waals surface area (Å²) in [5, 5.41) is 22.1. The number of benzene rings is 1. The normalized spacial score (nSPS) is 12.0. The molecule has 0 radical (unpaired) electrons. The second kappa shape index (κ2) is 7.37. The molecule has 0 spiro atoms. The van der Waals surface area contributed by atoms with Crippen LogP contribution >= 0.6 is 0 Å². The second-order valence-electron chi connectivity index (χ2n) is 5.18. The van der Waals surface area contributed by atoms with Crippen LogP contribution in [0.3, 0.4) is 0 Å². The van der Waals surface area contributed by atoms with Gasteiger partial charge in [-0.1, -0.05) is 26.0 Å². The van der Waals surface area contributed by atoms with E-state index in [2.05, 4.69) is 5.32 Å². The average Bonchev–Trinajstić information content (AvgIpc) is 2.37. The zero-order chi connectivity index (χ0) is 16.0. The summed E-state index contributed by atoms with van der Waals surface area (Å²) in [7, 11) is 0. The molecule has 0 aromatic heterocycles. The number of amides is 1. The first-order chi connectivity index (χ1) is 9.79. The molecule has 0 aliphatic rings. The number of rotatable bonds is 7. The Hall–Kier alpha value is -2.44. The quantitative estimate of drug-likeness (QED) is 0.588. The van der Waals surface area contributed by atoms with Crippen molar-refractivity contribution in [1.29, 1.82) is 0 Å². The third kappa shape index (κ3) is 5.60. The van der Waals surface area contributed by atoms with Gasteiger partial charge in [-0.25, -0.2) is 4.79 Å². The van der Waals surface area contributed by atoms with Crippen molar-refractivity contribution in [2.75, 3.05) is 0 Å². The van der Waals surface area contributed by atoms with E-state index < -0.39 is 16.9 Å². The Morgan fingerprint density at radius 1 is 1.29 bits per heavy atom. The minimum Gasteiger partial charge on any atom is -0.480 e. The van der Waals surface area contributed by atoms with Crippen LogP contribution in [0.25, 0.3) is 0 Å². The molecule has 1 aromatic rings. The average molecular weight is 294 g/mol. The topological polar surface area (TPSA) is 110 Å². The van der Waals surface area contributed by atoms with Crippen molar-refractivity contribution in [2.24, 2.45) is 5.92 Å². The number of hydrogen-bond acceptors (Lipinski definition) is 4. The number of carbonyl (C=O) groups is 2. The van der Waals surface area contributed by atoms with Gasteiger partial charge in [-0.2, -0.15) is 0 Å². The number of carboxylic acids is 1. The lowest BCUT2D eigenvalue weighted by atomic mass is 10.0. The fraction of sp³-hybridized carbons (Fsp3) is 0.429. The Morgan fingerprint density at radius 2 is 1.86 bits per heavy atom. The van der Waals surface area contributed by atoms with Crippen LogP contribution in [0.1, 0.15) is 25.8 Å². The van der Waals surface area contributed by atoms with Gasteiger partial charge >= 0.3 is 5.97 Å². The Balaban J connectivity index is 2.72. The minimum absolute atomic E-state index is 0.0607. The summed E-state index contributed by atoms with van der Waals surface area (Å²) >= 11 is 0. The number of carbonyl (C=O) groups excluding carboxylic acids is 1. The van der Waals surface area contributed by atoms with E-state index in [1.807, 2.05) is 13.8 Å². The maximum Gasteiger partial charge on any atom is 0.326 e. The van der Waals surface area contributed by atoms with Crippen LogP contribution in [0, 0.1) is 16.0 Å². The van der Waals surface area contributed by atoms with Crippen molar-refractivity contribution in [3.05, 3.63) is 39.9 Å². The summed E-state index contributed by atoms with van der Waals surface area (Å²) in [5.74, 6) is -1.32. The van der Waals surface area contributed by atoms with Crippen LogP contribution in [-0.2, 0) is 16.0 Å². The smallest absolute Gasteiger partial charge is 0.326 e. The number of hydrogen-bond donors (Lipinski definition) is 2. The molecule has 0 fully saturated rings. The first-order valence-electron chi connectivity index (χ1n) is 6.55. The van der Waals surface area contributed by atoms with E-state index in [9.17, 15) is 19.7 Å². The van der Waals surface area contributed by atoms with Crippen LogP contribution < -0.4 is 5.32 Å². The van der Waals surface area contributed by atoms with Crippen LogP contribution in [0.4, 0.5) is 5.69 Å². The molecule has 2 N–H and O–H groups in total. The van der Waals surface area contributed by atoms with Gasteiger partial charge in [0, 0.05) is 25.0 Å². The summed E-state index contributed by atoms with van der Waals surface area (Å²) in [5.41, 5.74) is 0.548. The zero-order valence-electron chi connectivity index (χ0n) is 11.9. The molecule has 0 bridgehead atoms. The SMILES string of the molecule is CC(C)CC(=O)N[C@@H](Cc1ccc([N+](=O)[O-])cc1)C(=O)O. The van der Waals surface area contributed by atoms with Crippen LogP contribution in [0.5, 0.6) is 0 Å². The largest absolute Gasteiger partial charge is 0.480 e. The van der Waals surface area contributed by atoms with Gasteiger partial charge in [-0.05, 0) is 11.5 Å². The lowest BCUT2D eigenvalue weighted by molar-refractivity contribution is -0.384. The fourth-order valence-electron chi connectivity index (χ4n) is 1.81. The molecular formula is C14H18N2O5. The predicted molar refractivity (Wildman–Crippen MR) is 75.8 cm³/mol. The van der Waals surface area contributed by atoms with Gasteiger partial charge in [0.2, 0.25) is 5.91 Å². The molecule has 0 saturated heterocycles. The minimum atomic E-state index is -1.13. The molecule has 0 unspecified atom stereocenters. The van der Waals surface area contributed by atoms with Gasteiger partial charge in [-0.3, -0.25) is 14.9 Å². The summed E-state index contributed by atoms with van der Waals surface area (Å²) < 4.78 is 0. The van der Waals surface area contributed by atoms with E-state index in [-0.39, 0.29) is 30.4 Å². The molecule has 7 heteroatoms. The molecular weight excluding hydrogens is 276 g/mol. The maximum atomic E-state index is 11.6. The highest BCUT2D eigenvalue weighted by atomic mass is 16.6. The number of aliphatic carboxylic acids is 1. The molecule has 1 rings (SSSR count). The molecule has 0 heterocycles. The molecule has 0 saturated carbocycles. The summed E-state index contributed by atoms with van der Waals surface area (Å²) in [4.78, 5) is 32.8. The molecule has 21 heavy (non-hydrogen) atoms. The van der Waals surface area contributed by atoms with Gasteiger partial charge in [0.05, 0.1) is 4.92 Å². The lowest BCUT2D eigenvalue weighted by Gasteiger charge is -2.15. The Bertz CT molecular complexity index is 525. The van der Waals surface area contributed by atoms with Crippen LogP contribution in [0.2, 0.25) is 0 Å². The van der Waals surface area contributed by atoms with Crippen molar-refractivity contribution in [3.8, 4) is 0 Å². The van der Waals surface area contributed by atoms with E-state index in [0.29, 0.717) is 5.56 Å². The van der Waals surface area contributed by atoms with Crippen molar-refractivity contribution < 1.29 is 19.6 Å². The van der Waals surface area contributed by atoms with E-state index in [1.165, 1.54) is 24.3 Å². The highest BCUT2D eigenvalue weighted by Gasteiger charge is 2.21. The van der Waals surface area contributed by atoms with Gasteiger partial charge in [0.15, 0.2) is 0 Å². The van der Waals surface area contributed by atoms with Crippen molar-refractivity contribution in [2.45, 2.75) is 32.7 Å². The predicted octanol–water partition coefficient (Wildman–Crippen LogP) is 1.75. The van der Waals surface area contributed by atoms with E-state index in [4.69, 9.17) is 5.11 Å². The summed E-state index contributed by atoms with van der Waals surface area (Å²) in [6, 6.07) is 4.55. The number of carboxylic acid groups (broad SMARTS) is 1. The van der Waals surface area contributed by atoms with Gasteiger partial charge in [0.1, 0.15) is 6.04 Å². The monoisotopic (exact) mass is 294 g/mol. The summed E-state index contributed by atoms with van der Waals surface area (Å²) in [6.07, 6.45) is 0.335. The Kier molecular flexibility index (Phi) is 5.83. The van der Waals surface area contributed by atoms with E-state index >= 15 is 0 Å². The van der Waals surface area contributed by atoms with Crippen molar-refractivity contribution in [1.82, 2.24) is 5.32 Å². The Morgan fingerprint density at radius 3 is 2.29 bits per heavy atom. The lowest BCUT2D eigenvalue weighted by Crippen LogP contribution is -2.42. The molecule has 114 valence electrons. The number of nitrogens with one attached hydrogen (secondary N) is 1. The fourth-order valence-corrected chi connectivity index (χ4v) is 1.81. The Labute approximate surface area is 122 Å². The maximum absolute atomic E-state index is 11.6. The molecule has 1 atom stereocenters. The third-order valence-corrected chi connectivity index (χ3v) is 2.81. The van der Waals surface area contributed by atoms with Crippen molar-refractivity contribution in [3.63, 3.8) is 0 Å². The first-order valence-corrected chi connectivity index (χ1v) is 6.55. The van der Waals surface area contributed by atoms with Crippen LogP contribution in [0.15, 0.2) is 24.3 Å². The van der Waals surface area contributed by atoms with Gasteiger partial charge in [0.25, 0.3) is 5.69 Å².